The Bertz CT molecular complexity index is 672. The summed E-state index contributed by atoms with van der Waals surface area (Å²) in [6.07, 6.45) is 1.70. The number of methoxy groups -OCH3 is 2. The summed E-state index contributed by atoms with van der Waals surface area (Å²) in [7, 11) is 3.34. The minimum Gasteiger partial charge on any atom is -0.497 e. The van der Waals surface area contributed by atoms with Gasteiger partial charge in [0.2, 0.25) is 5.91 Å². The summed E-state index contributed by atoms with van der Waals surface area (Å²) in [6, 6.07) is 9.72. The Morgan fingerprint density at radius 2 is 1.96 bits per heavy atom. The van der Waals surface area contributed by atoms with Crippen LogP contribution in [0, 0.1) is 0 Å². The van der Waals surface area contributed by atoms with Crippen molar-refractivity contribution in [1.29, 1.82) is 0 Å². The second kappa shape index (κ2) is 8.13. The number of hydrogen-bond donors (Lipinski definition) is 1. The molecule has 134 valence electrons. The molecule has 1 saturated heterocycles. The van der Waals surface area contributed by atoms with E-state index in [0.717, 1.165) is 17.0 Å². The average Bonchev–Trinajstić information content (AvgIpc) is 3.08. The molecule has 0 aliphatic carbocycles. The lowest BCUT2D eigenvalue weighted by atomic mass is 10.2. The monoisotopic (exact) mass is 344 g/mol. The Hall–Kier alpha value is -2.38. The number of ether oxygens (including phenoxy) is 2. The maximum atomic E-state index is 12.7. The maximum Gasteiger partial charge on any atom is 0.237 e. The fourth-order valence-electron chi connectivity index (χ4n) is 3.04. The highest BCUT2D eigenvalue weighted by Crippen LogP contribution is 2.16. The summed E-state index contributed by atoms with van der Waals surface area (Å²) in [5, 5.41) is 6.91. The van der Waals surface area contributed by atoms with Gasteiger partial charge in [-0.1, -0.05) is 12.1 Å². The van der Waals surface area contributed by atoms with Gasteiger partial charge in [0.05, 0.1) is 19.8 Å². The number of carbonyl (C=O) groups excluding carboxylic acids is 1. The first-order valence-electron chi connectivity index (χ1n) is 8.32. The van der Waals surface area contributed by atoms with Crippen LogP contribution in [0.15, 0.2) is 36.5 Å². The lowest BCUT2D eigenvalue weighted by Crippen LogP contribution is -2.37. The molecule has 1 N–H and O–H groups in total. The standard InChI is InChI=1S/C18H24N4O3/c1-24-16-5-3-14(4-6-16)9-22-12-17(25-2)11-21(13-18(22)23)10-15-7-8-19-20-15/h3-8,17H,9-13H2,1-2H3,(H,19,20)/t17-/m1/s1. The van der Waals surface area contributed by atoms with Crippen molar-refractivity contribution in [2.75, 3.05) is 33.9 Å². The summed E-state index contributed by atoms with van der Waals surface area (Å²) in [5.41, 5.74) is 2.07. The Labute approximate surface area is 147 Å². The number of H-pyrrole nitrogens is 1. The number of amides is 1. The Morgan fingerprint density at radius 3 is 2.60 bits per heavy atom. The fraction of sp³-hybridized carbons (Fsp3) is 0.444. The van der Waals surface area contributed by atoms with Crippen molar-refractivity contribution in [3.05, 3.63) is 47.8 Å². The molecule has 7 heteroatoms. The van der Waals surface area contributed by atoms with Gasteiger partial charge in [-0.3, -0.25) is 14.8 Å². The number of benzene rings is 1. The Morgan fingerprint density at radius 1 is 1.16 bits per heavy atom. The molecule has 0 bridgehead atoms. The van der Waals surface area contributed by atoms with Gasteiger partial charge in [0.1, 0.15) is 5.75 Å². The highest BCUT2D eigenvalue weighted by Gasteiger charge is 2.28. The third kappa shape index (κ3) is 4.58. The molecule has 3 rings (SSSR count). The molecular formula is C18H24N4O3. The molecule has 1 aromatic heterocycles. The zero-order valence-electron chi connectivity index (χ0n) is 14.6. The fourth-order valence-corrected chi connectivity index (χ4v) is 3.04. The quantitative estimate of drug-likeness (QED) is 0.855. The number of rotatable bonds is 6. The van der Waals surface area contributed by atoms with Gasteiger partial charge in [-0.15, -0.1) is 0 Å². The second-order valence-corrected chi connectivity index (χ2v) is 6.23. The molecule has 2 heterocycles. The van der Waals surface area contributed by atoms with Crippen LogP contribution in [0.3, 0.4) is 0 Å². The van der Waals surface area contributed by atoms with Crippen LogP contribution in [0.5, 0.6) is 5.75 Å². The second-order valence-electron chi connectivity index (χ2n) is 6.23. The number of nitrogens with one attached hydrogen (secondary N) is 1. The molecule has 1 aliphatic heterocycles. The zero-order valence-corrected chi connectivity index (χ0v) is 14.6. The van der Waals surface area contributed by atoms with E-state index < -0.39 is 0 Å². The van der Waals surface area contributed by atoms with Gasteiger partial charge in [0.25, 0.3) is 0 Å². The van der Waals surface area contributed by atoms with Crippen LogP contribution < -0.4 is 4.74 Å². The van der Waals surface area contributed by atoms with E-state index in [1.54, 1.807) is 20.4 Å². The lowest BCUT2D eigenvalue weighted by molar-refractivity contribution is -0.132. The van der Waals surface area contributed by atoms with Gasteiger partial charge < -0.3 is 14.4 Å². The molecule has 1 aliphatic rings. The predicted octanol–water partition coefficient (Wildman–Crippen LogP) is 1.28. The van der Waals surface area contributed by atoms with Gasteiger partial charge in [0, 0.05) is 45.2 Å². The van der Waals surface area contributed by atoms with E-state index in [9.17, 15) is 4.79 Å². The van der Waals surface area contributed by atoms with Crippen LogP contribution in [0.25, 0.3) is 0 Å². The molecule has 2 aromatic rings. The van der Waals surface area contributed by atoms with Gasteiger partial charge in [0.15, 0.2) is 0 Å². The van der Waals surface area contributed by atoms with Gasteiger partial charge in [-0.2, -0.15) is 5.10 Å². The third-order valence-electron chi connectivity index (χ3n) is 4.42. The van der Waals surface area contributed by atoms with E-state index in [2.05, 4.69) is 15.1 Å². The molecule has 1 aromatic carbocycles. The van der Waals surface area contributed by atoms with Gasteiger partial charge >= 0.3 is 0 Å². The number of aromatic nitrogens is 2. The molecule has 1 atom stereocenters. The molecule has 1 fully saturated rings. The predicted molar refractivity (Wildman–Crippen MR) is 93.1 cm³/mol. The maximum absolute atomic E-state index is 12.7. The Balaban J connectivity index is 1.68. The number of aromatic amines is 1. The molecule has 1 amide bonds. The number of nitrogens with zero attached hydrogens (tertiary/aromatic N) is 3. The van der Waals surface area contributed by atoms with Crippen molar-refractivity contribution >= 4 is 5.91 Å². The summed E-state index contributed by atoms with van der Waals surface area (Å²) in [4.78, 5) is 16.7. The lowest BCUT2D eigenvalue weighted by Gasteiger charge is -2.23. The van der Waals surface area contributed by atoms with E-state index in [1.165, 1.54) is 0 Å². The van der Waals surface area contributed by atoms with Crippen LogP contribution in [0.1, 0.15) is 11.3 Å². The molecule has 25 heavy (non-hydrogen) atoms. The van der Waals surface area contributed by atoms with Gasteiger partial charge in [-0.05, 0) is 23.8 Å². The summed E-state index contributed by atoms with van der Waals surface area (Å²) in [6.45, 7) is 2.89. The number of carbonyl (C=O) groups is 1. The summed E-state index contributed by atoms with van der Waals surface area (Å²) < 4.78 is 10.8. The molecule has 0 spiro atoms. The van der Waals surface area contributed by atoms with Crippen LogP contribution in [0.4, 0.5) is 0 Å². The number of hydrogen-bond acceptors (Lipinski definition) is 5. The minimum atomic E-state index is -0.0207. The summed E-state index contributed by atoms with van der Waals surface area (Å²) >= 11 is 0. The summed E-state index contributed by atoms with van der Waals surface area (Å²) in [5.74, 6) is 0.918. The van der Waals surface area contributed by atoms with Crippen molar-refractivity contribution in [2.45, 2.75) is 19.2 Å². The highest BCUT2D eigenvalue weighted by molar-refractivity contribution is 5.78. The third-order valence-corrected chi connectivity index (χ3v) is 4.42. The molecule has 7 nitrogen and oxygen atoms in total. The SMILES string of the molecule is COc1ccc(CN2C[C@H](OC)CN(Cc3ccn[nH]3)CC2=O)cc1. The van der Waals surface area contributed by atoms with E-state index in [-0.39, 0.29) is 12.0 Å². The smallest absolute Gasteiger partial charge is 0.237 e. The average molecular weight is 344 g/mol. The van der Waals surface area contributed by atoms with Crippen LogP contribution >= 0.6 is 0 Å². The van der Waals surface area contributed by atoms with E-state index in [1.807, 2.05) is 35.2 Å². The van der Waals surface area contributed by atoms with Crippen molar-refractivity contribution in [1.82, 2.24) is 20.0 Å². The first-order valence-corrected chi connectivity index (χ1v) is 8.32. The highest BCUT2D eigenvalue weighted by atomic mass is 16.5. The van der Waals surface area contributed by atoms with E-state index in [0.29, 0.717) is 32.7 Å². The van der Waals surface area contributed by atoms with Crippen LogP contribution in [-0.4, -0.2) is 65.9 Å². The van der Waals surface area contributed by atoms with Crippen molar-refractivity contribution in [3.63, 3.8) is 0 Å². The first kappa shape index (κ1) is 17.4. The minimum absolute atomic E-state index is 0.0207. The molecule has 0 radical (unpaired) electrons. The Kier molecular flexibility index (Phi) is 5.67. The van der Waals surface area contributed by atoms with Gasteiger partial charge in [-0.25, -0.2) is 0 Å². The largest absolute Gasteiger partial charge is 0.497 e. The van der Waals surface area contributed by atoms with Crippen molar-refractivity contribution < 1.29 is 14.3 Å². The first-order chi connectivity index (χ1) is 12.2. The van der Waals surface area contributed by atoms with Crippen LogP contribution in [-0.2, 0) is 22.6 Å². The molecule has 0 saturated carbocycles. The topological polar surface area (TPSA) is 70.7 Å². The normalized spacial score (nSPS) is 19.0. The van der Waals surface area contributed by atoms with Crippen molar-refractivity contribution in [2.24, 2.45) is 0 Å². The van der Waals surface area contributed by atoms with Crippen LogP contribution in [0.2, 0.25) is 0 Å². The zero-order chi connectivity index (χ0) is 17.6. The van der Waals surface area contributed by atoms with Crippen molar-refractivity contribution in [3.8, 4) is 5.75 Å². The van der Waals surface area contributed by atoms with E-state index >= 15 is 0 Å². The molecular weight excluding hydrogens is 320 g/mol. The van der Waals surface area contributed by atoms with E-state index in [4.69, 9.17) is 9.47 Å². The molecule has 0 unspecified atom stereocenters.